The summed E-state index contributed by atoms with van der Waals surface area (Å²) in [4.78, 5) is 9.31. The summed E-state index contributed by atoms with van der Waals surface area (Å²) in [6, 6.07) is 0. The Kier molecular flexibility index (Phi) is 3.46. The van der Waals surface area contributed by atoms with Gasteiger partial charge in [0, 0.05) is 24.6 Å². The van der Waals surface area contributed by atoms with E-state index in [2.05, 4.69) is 53.4 Å². The molecule has 0 aromatic carbocycles. The Morgan fingerprint density at radius 3 is 2.52 bits per heavy atom. The second kappa shape index (κ2) is 4.93. The lowest BCUT2D eigenvalue weighted by atomic mass is 9.89. The third-order valence-electron chi connectivity index (χ3n) is 3.65. The lowest BCUT2D eigenvalue weighted by Crippen LogP contribution is -2.14. The Bertz CT molecular complexity index is 695. The molecule has 0 spiro atoms. The quantitative estimate of drug-likeness (QED) is 0.790. The van der Waals surface area contributed by atoms with Crippen LogP contribution >= 0.6 is 22.6 Å². The average molecular weight is 397 g/mol. The molecule has 1 aliphatic rings. The van der Waals surface area contributed by atoms with E-state index in [1.54, 1.807) is 0 Å². The summed E-state index contributed by atoms with van der Waals surface area (Å²) >= 11 is 2.26. The van der Waals surface area contributed by atoms with Gasteiger partial charge in [-0.1, -0.05) is 20.8 Å². The Balaban J connectivity index is 2.17. The fraction of sp³-hybridized carbons (Fsp3) is 0.533. The smallest absolute Gasteiger partial charge is 0.165 e. The standard InChI is InChI=1S/C15H20IN5/c1-15(2,3)12-9(7-21(4)20-12)14-18-11(8-5-6-8)10(16)13(17)19-14/h7-8H,5-6H2,1-4H3,(H2,17,18,19). The van der Waals surface area contributed by atoms with Crippen LogP contribution in [-0.2, 0) is 12.5 Å². The molecule has 1 saturated carbocycles. The number of nitrogens with two attached hydrogens (primary N) is 1. The fourth-order valence-corrected chi connectivity index (χ4v) is 3.12. The van der Waals surface area contributed by atoms with Gasteiger partial charge in [-0.05, 0) is 35.4 Å². The number of anilines is 1. The molecule has 5 nitrogen and oxygen atoms in total. The predicted octanol–water partition coefficient (Wildman–Crippen LogP) is 3.24. The van der Waals surface area contributed by atoms with Crippen LogP contribution in [0.3, 0.4) is 0 Å². The molecule has 0 saturated heterocycles. The lowest BCUT2D eigenvalue weighted by molar-refractivity contribution is 0.554. The third kappa shape index (κ3) is 2.77. The molecule has 0 bridgehead atoms. The number of aryl methyl sites for hydroxylation is 1. The molecule has 2 heterocycles. The number of hydrogen-bond donors (Lipinski definition) is 1. The van der Waals surface area contributed by atoms with Crippen LogP contribution in [0.15, 0.2) is 6.20 Å². The first-order valence-corrected chi connectivity index (χ1v) is 8.22. The number of hydrogen-bond acceptors (Lipinski definition) is 4. The average Bonchev–Trinajstić information content (AvgIpc) is 3.13. The van der Waals surface area contributed by atoms with Crippen molar-refractivity contribution in [2.24, 2.45) is 7.05 Å². The van der Waals surface area contributed by atoms with Gasteiger partial charge in [0.15, 0.2) is 5.82 Å². The minimum absolute atomic E-state index is 0.0581. The Hall–Kier alpha value is -1.18. The van der Waals surface area contributed by atoms with E-state index in [1.165, 1.54) is 12.8 Å². The molecule has 0 atom stereocenters. The third-order valence-corrected chi connectivity index (χ3v) is 4.75. The number of halogens is 1. The van der Waals surface area contributed by atoms with Crippen LogP contribution in [0.2, 0.25) is 0 Å². The highest BCUT2D eigenvalue weighted by Gasteiger charge is 2.30. The van der Waals surface area contributed by atoms with E-state index >= 15 is 0 Å². The predicted molar refractivity (Wildman–Crippen MR) is 92.0 cm³/mol. The van der Waals surface area contributed by atoms with Gasteiger partial charge in [0.1, 0.15) is 5.82 Å². The molecule has 0 radical (unpaired) electrons. The van der Waals surface area contributed by atoms with Crippen LogP contribution in [0.25, 0.3) is 11.4 Å². The first kappa shape index (κ1) is 14.7. The summed E-state index contributed by atoms with van der Waals surface area (Å²) in [7, 11) is 1.93. The number of aromatic nitrogens is 4. The monoisotopic (exact) mass is 397 g/mol. The van der Waals surface area contributed by atoms with Gasteiger partial charge in [-0.3, -0.25) is 4.68 Å². The van der Waals surface area contributed by atoms with Gasteiger partial charge in [0.25, 0.3) is 0 Å². The van der Waals surface area contributed by atoms with Crippen molar-refractivity contribution >= 4 is 28.4 Å². The Labute approximate surface area is 138 Å². The Morgan fingerprint density at radius 1 is 1.29 bits per heavy atom. The van der Waals surface area contributed by atoms with Crippen LogP contribution in [0.5, 0.6) is 0 Å². The summed E-state index contributed by atoms with van der Waals surface area (Å²) in [6.07, 6.45) is 4.38. The van der Waals surface area contributed by atoms with Crippen molar-refractivity contribution < 1.29 is 0 Å². The van der Waals surface area contributed by atoms with Crippen LogP contribution in [0.4, 0.5) is 5.82 Å². The minimum atomic E-state index is -0.0581. The first-order valence-electron chi connectivity index (χ1n) is 7.14. The van der Waals surface area contributed by atoms with Crippen LogP contribution in [-0.4, -0.2) is 19.7 Å². The van der Waals surface area contributed by atoms with Gasteiger partial charge in [-0.2, -0.15) is 5.10 Å². The van der Waals surface area contributed by atoms with Gasteiger partial charge in [0.05, 0.1) is 20.5 Å². The topological polar surface area (TPSA) is 69.6 Å². The number of nitrogens with zero attached hydrogens (tertiary/aromatic N) is 4. The van der Waals surface area contributed by atoms with Crippen LogP contribution < -0.4 is 5.73 Å². The van der Waals surface area contributed by atoms with Gasteiger partial charge in [0.2, 0.25) is 0 Å². The van der Waals surface area contributed by atoms with E-state index in [1.807, 2.05) is 17.9 Å². The largest absolute Gasteiger partial charge is 0.383 e. The number of nitrogen functional groups attached to an aromatic ring is 1. The lowest BCUT2D eigenvalue weighted by Gasteiger charge is -2.17. The molecule has 0 unspecified atom stereocenters. The van der Waals surface area contributed by atoms with Crippen LogP contribution in [0, 0.1) is 3.57 Å². The van der Waals surface area contributed by atoms with E-state index in [9.17, 15) is 0 Å². The zero-order valence-corrected chi connectivity index (χ0v) is 15.0. The summed E-state index contributed by atoms with van der Waals surface area (Å²) < 4.78 is 2.82. The maximum atomic E-state index is 6.10. The zero-order valence-electron chi connectivity index (χ0n) is 12.8. The molecule has 2 aromatic rings. The number of rotatable bonds is 2. The summed E-state index contributed by atoms with van der Waals surface area (Å²) in [5.74, 6) is 1.83. The second-order valence-corrected chi connectivity index (χ2v) is 7.80. The second-order valence-electron chi connectivity index (χ2n) is 6.72. The highest BCUT2D eigenvalue weighted by Crippen LogP contribution is 2.43. The molecule has 2 aromatic heterocycles. The SMILES string of the molecule is Cn1cc(-c2nc(N)c(I)c(C3CC3)n2)c(C(C)(C)C)n1. The summed E-state index contributed by atoms with van der Waals surface area (Å²) in [5.41, 5.74) is 9.13. The van der Waals surface area contributed by atoms with Crippen molar-refractivity contribution in [2.45, 2.75) is 44.9 Å². The van der Waals surface area contributed by atoms with Gasteiger partial charge in [-0.25, -0.2) is 9.97 Å². The Morgan fingerprint density at radius 2 is 1.95 bits per heavy atom. The molecular weight excluding hydrogens is 377 g/mol. The van der Waals surface area contributed by atoms with E-state index < -0.39 is 0 Å². The van der Waals surface area contributed by atoms with Crippen molar-refractivity contribution in [1.82, 2.24) is 19.7 Å². The summed E-state index contributed by atoms with van der Waals surface area (Å²) in [6.45, 7) is 6.45. The molecule has 6 heteroatoms. The maximum absolute atomic E-state index is 6.10. The van der Waals surface area contributed by atoms with E-state index in [4.69, 9.17) is 10.7 Å². The van der Waals surface area contributed by atoms with Crippen molar-refractivity contribution in [3.8, 4) is 11.4 Å². The normalized spacial score (nSPS) is 15.5. The molecular formula is C15H20IN5. The molecule has 1 fully saturated rings. The van der Waals surface area contributed by atoms with Gasteiger partial charge < -0.3 is 5.73 Å². The van der Waals surface area contributed by atoms with E-state index in [0.29, 0.717) is 17.6 Å². The summed E-state index contributed by atoms with van der Waals surface area (Å²) in [5, 5.41) is 4.59. The molecule has 21 heavy (non-hydrogen) atoms. The zero-order chi connectivity index (χ0) is 15.4. The van der Waals surface area contributed by atoms with Crippen molar-refractivity contribution in [2.75, 3.05) is 5.73 Å². The molecule has 3 rings (SSSR count). The molecule has 1 aliphatic carbocycles. The molecule has 112 valence electrons. The first-order chi connectivity index (χ1) is 9.77. The highest BCUT2D eigenvalue weighted by atomic mass is 127. The van der Waals surface area contributed by atoms with Crippen molar-refractivity contribution in [1.29, 1.82) is 0 Å². The van der Waals surface area contributed by atoms with Gasteiger partial charge >= 0.3 is 0 Å². The minimum Gasteiger partial charge on any atom is -0.383 e. The van der Waals surface area contributed by atoms with Gasteiger partial charge in [-0.15, -0.1) is 0 Å². The van der Waals surface area contributed by atoms with Crippen LogP contribution in [0.1, 0.15) is 50.9 Å². The molecule has 2 N–H and O–H groups in total. The van der Waals surface area contributed by atoms with Crippen molar-refractivity contribution in [3.63, 3.8) is 0 Å². The highest BCUT2D eigenvalue weighted by molar-refractivity contribution is 14.1. The fourth-order valence-electron chi connectivity index (χ4n) is 2.44. The van der Waals surface area contributed by atoms with E-state index in [-0.39, 0.29) is 5.41 Å². The molecule has 0 aliphatic heterocycles. The molecule has 0 amide bonds. The maximum Gasteiger partial charge on any atom is 0.165 e. The van der Waals surface area contributed by atoms with Crippen molar-refractivity contribution in [3.05, 3.63) is 21.2 Å². The van der Waals surface area contributed by atoms with E-state index in [0.717, 1.165) is 20.5 Å².